The van der Waals surface area contributed by atoms with E-state index in [1.54, 1.807) is 59.7 Å². The van der Waals surface area contributed by atoms with E-state index in [0.717, 1.165) is 5.56 Å². The number of pyridine rings is 1. The molecule has 2 aromatic heterocycles. The summed E-state index contributed by atoms with van der Waals surface area (Å²) >= 11 is 0. The highest BCUT2D eigenvalue weighted by molar-refractivity contribution is 6.15. The number of nitrogens with one attached hydrogen (secondary N) is 1. The highest BCUT2D eigenvalue weighted by Gasteiger charge is 2.18. The molecule has 0 saturated heterocycles. The number of hydrogen-bond acceptors (Lipinski definition) is 4. The molecule has 2 aromatic carbocycles. The maximum absolute atomic E-state index is 13.1. The molecule has 0 aliphatic heterocycles. The van der Waals surface area contributed by atoms with Crippen LogP contribution in [-0.2, 0) is 6.54 Å². The van der Waals surface area contributed by atoms with Crippen LogP contribution in [0, 0.1) is 5.82 Å². The molecule has 0 aliphatic carbocycles. The Morgan fingerprint density at radius 2 is 1.70 bits per heavy atom. The van der Waals surface area contributed by atoms with Crippen molar-refractivity contribution in [2.24, 2.45) is 0 Å². The summed E-state index contributed by atoms with van der Waals surface area (Å²) in [6, 6.07) is 17.2. The van der Waals surface area contributed by atoms with Gasteiger partial charge in [-0.25, -0.2) is 14.1 Å². The Kier molecular flexibility index (Phi) is 5.43. The van der Waals surface area contributed by atoms with Gasteiger partial charge in [-0.15, -0.1) is 0 Å². The van der Waals surface area contributed by atoms with Crippen molar-refractivity contribution in [3.05, 3.63) is 113 Å². The predicted octanol–water partition coefficient (Wildman–Crippen LogP) is 3.57. The van der Waals surface area contributed by atoms with Gasteiger partial charge in [0.15, 0.2) is 11.6 Å². The fraction of sp³-hybridized carbons (Fsp3) is 0.0435. The van der Waals surface area contributed by atoms with E-state index in [9.17, 15) is 14.0 Å². The third-order valence-electron chi connectivity index (χ3n) is 4.52. The van der Waals surface area contributed by atoms with Crippen LogP contribution in [0.5, 0.6) is 0 Å². The number of carbonyl (C=O) groups is 2. The van der Waals surface area contributed by atoms with E-state index in [0.29, 0.717) is 11.4 Å². The van der Waals surface area contributed by atoms with Crippen LogP contribution in [0.25, 0.3) is 5.82 Å². The average Bonchev–Trinajstić information content (AvgIpc) is 3.33. The summed E-state index contributed by atoms with van der Waals surface area (Å²) in [6.07, 6.45) is 5.12. The number of nitrogens with zero attached hydrogens (tertiary/aromatic N) is 3. The number of hydrogen-bond donors (Lipinski definition) is 1. The summed E-state index contributed by atoms with van der Waals surface area (Å²) in [4.78, 5) is 29.8. The second kappa shape index (κ2) is 8.48. The normalized spacial score (nSPS) is 10.6. The van der Waals surface area contributed by atoms with E-state index in [1.807, 2.05) is 6.07 Å². The third kappa shape index (κ3) is 4.15. The van der Waals surface area contributed by atoms with Gasteiger partial charge in [0, 0.05) is 36.3 Å². The summed E-state index contributed by atoms with van der Waals surface area (Å²) in [5.41, 5.74) is 1.64. The molecule has 148 valence electrons. The minimum absolute atomic E-state index is 0.254. The van der Waals surface area contributed by atoms with Crippen molar-refractivity contribution < 1.29 is 14.0 Å². The van der Waals surface area contributed by atoms with Crippen molar-refractivity contribution in [3.63, 3.8) is 0 Å². The van der Waals surface area contributed by atoms with Crippen molar-refractivity contribution in [3.8, 4) is 5.82 Å². The van der Waals surface area contributed by atoms with Gasteiger partial charge in [0.05, 0.1) is 5.56 Å². The lowest BCUT2D eigenvalue weighted by molar-refractivity contribution is 0.0939. The zero-order valence-corrected chi connectivity index (χ0v) is 15.8. The minimum Gasteiger partial charge on any atom is -0.348 e. The van der Waals surface area contributed by atoms with Gasteiger partial charge >= 0.3 is 0 Å². The van der Waals surface area contributed by atoms with Gasteiger partial charge in [-0.1, -0.05) is 24.3 Å². The lowest BCUT2D eigenvalue weighted by atomic mass is 9.98. The monoisotopic (exact) mass is 400 g/mol. The van der Waals surface area contributed by atoms with Gasteiger partial charge in [0.2, 0.25) is 0 Å². The Balaban J connectivity index is 1.47. The molecule has 1 N–H and O–H groups in total. The summed E-state index contributed by atoms with van der Waals surface area (Å²) < 4.78 is 14.8. The topological polar surface area (TPSA) is 76.9 Å². The Labute approximate surface area is 172 Å². The van der Waals surface area contributed by atoms with E-state index >= 15 is 0 Å². The van der Waals surface area contributed by atoms with Crippen molar-refractivity contribution in [2.75, 3.05) is 0 Å². The minimum atomic E-state index is -0.426. The Bertz CT molecular complexity index is 1170. The first-order chi connectivity index (χ1) is 14.6. The van der Waals surface area contributed by atoms with Crippen molar-refractivity contribution in [2.45, 2.75) is 6.54 Å². The van der Waals surface area contributed by atoms with Crippen LogP contribution in [0.15, 0.2) is 85.3 Å². The zero-order valence-electron chi connectivity index (χ0n) is 15.8. The standard InChI is InChI=1S/C23H17FN4O2/c24-18-9-7-17(8-10-18)22(29)19-4-1-2-5-20(19)23(30)26-15-16-6-11-21(25-14-16)28-13-3-12-27-28/h1-14H,15H2,(H,26,30). The smallest absolute Gasteiger partial charge is 0.252 e. The van der Waals surface area contributed by atoms with Crippen LogP contribution >= 0.6 is 0 Å². The molecular formula is C23H17FN4O2. The van der Waals surface area contributed by atoms with Gasteiger partial charge in [-0.05, 0) is 48.0 Å². The Morgan fingerprint density at radius 3 is 2.37 bits per heavy atom. The van der Waals surface area contributed by atoms with Crippen molar-refractivity contribution >= 4 is 11.7 Å². The van der Waals surface area contributed by atoms with Crippen molar-refractivity contribution in [1.82, 2.24) is 20.1 Å². The van der Waals surface area contributed by atoms with Crippen molar-refractivity contribution in [1.29, 1.82) is 0 Å². The van der Waals surface area contributed by atoms with E-state index in [-0.39, 0.29) is 29.4 Å². The quantitative estimate of drug-likeness (QED) is 0.502. The fourth-order valence-electron chi connectivity index (χ4n) is 2.97. The summed E-state index contributed by atoms with van der Waals surface area (Å²) in [5, 5.41) is 6.93. The van der Waals surface area contributed by atoms with Crippen LogP contribution in [0.2, 0.25) is 0 Å². The van der Waals surface area contributed by atoms with Crippen LogP contribution in [0.4, 0.5) is 4.39 Å². The number of benzene rings is 2. The SMILES string of the molecule is O=C(NCc1ccc(-n2cccn2)nc1)c1ccccc1C(=O)c1ccc(F)cc1. The zero-order chi connectivity index (χ0) is 20.9. The molecular weight excluding hydrogens is 383 g/mol. The summed E-state index contributed by atoms with van der Waals surface area (Å²) in [5.74, 6) is -0.474. The van der Waals surface area contributed by atoms with Crippen LogP contribution in [0.3, 0.4) is 0 Å². The molecule has 4 aromatic rings. The van der Waals surface area contributed by atoms with E-state index < -0.39 is 5.82 Å². The van der Waals surface area contributed by atoms with Crippen LogP contribution < -0.4 is 5.32 Å². The van der Waals surface area contributed by atoms with Gasteiger partial charge in [-0.3, -0.25) is 9.59 Å². The van der Waals surface area contributed by atoms with Crippen LogP contribution in [0.1, 0.15) is 31.8 Å². The maximum atomic E-state index is 13.1. The lowest BCUT2D eigenvalue weighted by Gasteiger charge is -2.10. The molecule has 0 saturated carbocycles. The molecule has 7 heteroatoms. The first-order valence-corrected chi connectivity index (χ1v) is 9.24. The highest BCUT2D eigenvalue weighted by Crippen LogP contribution is 2.16. The number of carbonyl (C=O) groups excluding carboxylic acids is 2. The summed E-state index contributed by atoms with van der Waals surface area (Å²) in [6.45, 7) is 0.254. The third-order valence-corrected chi connectivity index (χ3v) is 4.52. The second-order valence-electron chi connectivity index (χ2n) is 6.54. The van der Waals surface area contributed by atoms with Gasteiger partial charge < -0.3 is 5.32 Å². The molecule has 4 rings (SSSR count). The largest absolute Gasteiger partial charge is 0.348 e. The van der Waals surface area contributed by atoms with Gasteiger partial charge in [-0.2, -0.15) is 5.10 Å². The lowest BCUT2D eigenvalue weighted by Crippen LogP contribution is -2.25. The molecule has 0 spiro atoms. The van der Waals surface area contributed by atoms with E-state index in [4.69, 9.17) is 0 Å². The molecule has 6 nitrogen and oxygen atoms in total. The molecule has 1 amide bonds. The first-order valence-electron chi connectivity index (χ1n) is 9.24. The average molecular weight is 400 g/mol. The number of amides is 1. The molecule has 30 heavy (non-hydrogen) atoms. The first kappa shape index (κ1) is 19.2. The second-order valence-corrected chi connectivity index (χ2v) is 6.54. The Morgan fingerprint density at radius 1 is 0.933 bits per heavy atom. The fourth-order valence-corrected chi connectivity index (χ4v) is 2.97. The molecule has 2 heterocycles. The maximum Gasteiger partial charge on any atom is 0.252 e. The molecule has 0 radical (unpaired) electrons. The number of rotatable bonds is 6. The number of aromatic nitrogens is 3. The molecule has 0 aliphatic rings. The Hall–Kier alpha value is -4.13. The van der Waals surface area contributed by atoms with Gasteiger partial charge in [0.1, 0.15) is 5.82 Å². The molecule has 0 unspecified atom stereocenters. The highest BCUT2D eigenvalue weighted by atomic mass is 19.1. The van der Waals surface area contributed by atoms with Crippen LogP contribution in [-0.4, -0.2) is 26.5 Å². The summed E-state index contributed by atoms with van der Waals surface area (Å²) in [7, 11) is 0. The van der Waals surface area contributed by atoms with Gasteiger partial charge in [0.25, 0.3) is 5.91 Å². The molecule has 0 atom stereocenters. The van der Waals surface area contributed by atoms with E-state index in [2.05, 4.69) is 15.4 Å². The van der Waals surface area contributed by atoms with E-state index in [1.165, 1.54) is 24.3 Å². The number of ketones is 1. The number of halogens is 1. The predicted molar refractivity (Wildman–Crippen MR) is 109 cm³/mol. The molecule has 0 bridgehead atoms. The molecule has 0 fully saturated rings.